The zero-order valence-corrected chi connectivity index (χ0v) is 13.8. The van der Waals surface area contributed by atoms with Crippen LogP contribution in [0.3, 0.4) is 0 Å². The number of morpholine rings is 1. The van der Waals surface area contributed by atoms with Crippen LogP contribution in [0.5, 0.6) is 11.5 Å². The van der Waals surface area contributed by atoms with Crippen molar-refractivity contribution < 1.29 is 9.47 Å². The molecule has 128 valence electrons. The Bertz CT molecular complexity index is 681. The van der Waals surface area contributed by atoms with Crippen LogP contribution in [-0.4, -0.2) is 47.5 Å². The van der Waals surface area contributed by atoms with E-state index in [0.29, 0.717) is 18.0 Å². The van der Waals surface area contributed by atoms with E-state index in [1.165, 1.54) is 4.68 Å². The Morgan fingerprint density at radius 2 is 1.79 bits per heavy atom. The summed E-state index contributed by atoms with van der Waals surface area (Å²) in [4.78, 5) is 14.8. The van der Waals surface area contributed by atoms with E-state index < -0.39 is 0 Å². The highest BCUT2D eigenvalue weighted by molar-refractivity contribution is 5.28. The van der Waals surface area contributed by atoms with Crippen molar-refractivity contribution in [2.75, 3.05) is 32.8 Å². The van der Waals surface area contributed by atoms with Gasteiger partial charge in [0.05, 0.1) is 19.4 Å². The standard InChI is InChI=1S/C18H23N3O3/c22-18-17(24-16-6-2-1-3-7-16)8-9-19-21(18)11-5-4-10-20-12-14-23-15-13-20/h1-3,6-9H,4-5,10-15H2. The summed E-state index contributed by atoms with van der Waals surface area (Å²) in [7, 11) is 0. The minimum Gasteiger partial charge on any atom is -0.451 e. The maximum atomic E-state index is 12.4. The molecular formula is C18H23N3O3. The number of nitrogens with zero attached hydrogens (tertiary/aromatic N) is 3. The summed E-state index contributed by atoms with van der Waals surface area (Å²) in [6.45, 7) is 5.28. The lowest BCUT2D eigenvalue weighted by molar-refractivity contribution is 0.0370. The normalized spacial score (nSPS) is 15.3. The second-order valence-electron chi connectivity index (χ2n) is 5.80. The lowest BCUT2D eigenvalue weighted by atomic mass is 10.2. The molecule has 0 N–H and O–H groups in total. The van der Waals surface area contributed by atoms with Crippen molar-refractivity contribution in [2.24, 2.45) is 0 Å². The molecule has 1 saturated heterocycles. The Labute approximate surface area is 141 Å². The summed E-state index contributed by atoms with van der Waals surface area (Å²) in [5.41, 5.74) is -0.187. The summed E-state index contributed by atoms with van der Waals surface area (Å²) < 4.78 is 12.5. The molecule has 3 rings (SSSR count). The summed E-state index contributed by atoms with van der Waals surface area (Å²) >= 11 is 0. The van der Waals surface area contributed by atoms with Gasteiger partial charge >= 0.3 is 5.56 Å². The van der Waals surface area contributed by atoms with Gasteiger partial charge in [0, 0.05) is 25.7 Å². The van der Waals surface area contributed by atoms with Crippen LogP contribution in [0.4, 0.5) is 0 Å². The Kier molecular flexibility index (Phi) is 5.98. The fourth-order valence-corrected chi connectivity index (χ4v) is 2.71. The highest BCUT2D eigenvalue weighted by atomic mass is 16.5. The van der Waals surface area contributed by atoms with Crippen LogP contribution >= 0.6 is 0 Å². The van der Waals surface area contributed by atoms with E-state index in [4.69, 9.17) is 9.47 Å². The zero-order valence-electron chi connectivity index (χ0n) is 13.8. The van der Waals surface area contributed by atoms with Crippen LogP contribution in [0.2, 0.25) is 0 Å². The van der Waals surface area contributed by atoms with E-state index in [1.54, 1.807) is 12.3 Å². The van der Waals surface area contributed by atoms with E-state index >= 15 is 0 Å². The van der Waals surface area contributed by atoms with E-state index in [9.17, 15) is 4.79 Å². The number of hydrogen-bond acceptors (Lipinski definition) is 5. The highest BCUT2D eigenvalue weighted by Gasteiger charge is 2.10. The first-order valence-electron chi connectivity index (χ1n) is 8.42. The molecule has 0 bridgehead atoms. The number of aryl methyl sites for hydroxylation is 1. The second kappa shape index (κ2) is 8.61. The minimum atomic E-state index is -0.187. The second-order valence-corrected chi connectivity index (χ2v) is 5.80. The van der Waals surface area contributed by atoms with Gasteiger partial charge in [-0.25, -0.2) is 4.68 Å². The van der Waals surface area contributed by atoms with Crippen molar-refractivity contribution in [3.05, 3.63) is 52.9 Å². The number of hydrogen-bond donors (Lipinski definition) is 0. The lowest BCUT2D eigenvalue weighted by Gasteiger charge is -2.26. The van der Waals surface area contributed by atoms with Gasteiger partial charge in [-0.2, -0.15) is 5.10 Å². The van der Waals surface area contributed by atoms with E-state index in [1.807, 2.05) is 30.3 Å². The number of rotatable bonds is 7. The predicted molar refractivity (Wildman–Crippen MR) is 91.5 cm³/mol. The number of aromatic nitrogens is 2. The maximum absolute atomic E-state index is 12.4. The molecule has 1 aromatic heterocycles. The third kappa shape index (κ3) is 4.66. The molecule has 0 atom stereocenters. The molecule has 0 amide bonds. The number of unbranched alkanes of at least 4 members (excludes halogenated alkanes) is 1. The first-order valence-corrected chi connectivity index (χ1v) is 8.42. The number of benzene rings is 1. The molecule has 0 radical (unpaired) electrons. The minimum absolute atomic E-state index is 0.187. The van der Waals surface area contributed by atoms with Crippen LogP contribution < -0.4 is 10.3 Å². The zero-order chi connectivity index (χ0) is 16.6. The molecule has 1 fully saturated rings. The van der Waals surface area contributed by atoms with Crippen molar-refractivity contribution >= 4 is 0 Å². The molecule has 1 aliphatic heterocycles. The van der Waals surface area contributed by atoms with Crippen molar-refractivity contribution in [2.45, 2.75) is 19.4 Å². The van der Waals surface area contributed by atoms with Gasteiger partial charge in [-0.05, 0) is 31.5 Å². The first kappa shape index (κ1) is 16.7. The van der Waals surface area contributed by atoms with Crippen molar-refractivity contribution in [3.8, 4) is 11.5 Å². The molecule has 24 heavy (non-hydrogen) atoms. The summed E-state index contributed by atoms with van der Waals surface area (Å²) in [6.07, 6.45) is 3.57. The first-order chi connectivity index (χ1) is 11.8. The van der Waals surface area contributed by atoms with Crippen LogP contribution in [0, 0.1) is 0 Å². The maximum Gasteiger partial charge on any atom is 0.309 e. The quantitative estimate of drug-likeness (QED) is 0.729. The summed E-state index contributed by atoms with van der Waals surface area (Å²) in [5.74, 6) is 0.962. The molecule has 1 aromatic carbocycles. The van der Waals surface area contributed by atoms with Crippen molar-refractivity contribution in [1.29, 1.82) is 0 Å². The summed E-state index contributed by atoms with van der Waals surface area (Å²) in [6, 6.07) is 10.9. The predicted octanol–water partition coefficient (Wildman–Crippen LogP) is 2.15. The molecule has 0 unspecified atom stereocenters. The third-order valence-electron chi connectivity index (χ3n) is 4.05. The molecule has 2 aromatic rings. The van der Waals surface area contributed by atoms with Gasteiger partial charge in [-0.1, -0.05) is 18.2 Å². The molecule has 0 aliphatic carbocycles. The molecular weight excluding hydrogens is 306 g/mol. The monoisotopic (exact) mass is 329 g/mol. The van der Waals surface area contributed by atoms with E-state index in [-0.39, 0.29) is 5.56 Å². The van der Waals surface area contributed by atoms with Crippen LogP contribution in [0.15, 0.2) is 47.4 Å². The number of para-hydroxylation sites is 1. The largest absolute Gasteiger partial charge is 0.451 e. The lowest BCUT2D eigenvalue weighted by Crippen LogP contribution is -2.37. The van der Waals surface area contributed by atoms with Crippen molar-refractivity contribution in [1.82, 2.24) is 14.7 Å². The number of ether oxygens (including phenoxy) is 2. The smallest absolute Gasteiger partial charge is 0.309 e. The fourth-order valence-electron chi connectivity index (χ4n) is 2.71. The molecule has 2 heterocycles. The van der Waals surface area contributed by atoms with Crippen LogP contribution in [-0.2, 0) is 11.3 Å². The van der Waals surface area contributed by atoms with Gasteiger partial charge < -0.3 is 9.47 Å². The van der Waals surface area contributed by atoms with Crippen LogP contribution in [0.1, 0.15) is 12.8 Å². The molecule has 6 heteroatoms. The molecule has 6 nitrogen and oxygen atoms in total. The van der Waals surface area contributed by atoms with E-state index in [2.05, 4.69) is 10.00 Å². The average molecular weight is 329 g/mol. The topological polar surface area (TPSA) is 56.6 Å². The van der Waals surface area contributed by atoms with Gasteiger partial charge in [0.1, 0.15) is 5.75 Å². The Morgan fingerprint density at radius 1 is 1.04 bits per heavy atom. The summed E-state index contributed by atoms with van der Waals surface area (Å²) in [5, 5.41) is 4.16. The SMILES string of the molecule is O=c1c(Oc2ccccc2)ccnn1CCCCN1CCOCC1. The Morgan fingerprint density at radius 3 is 2.58 bits per heavy atom. The fraction of sp³-hybridized carbons (Fsp3) is 0.444. The van der Waals surface area contributed by atoms with Gasteiger partial charge in [0.15, 0.2) is 5.75 Å². The van der Waals surface area contributed by atoms with Gasteiger partial charge in [-0.3, -0.25) is 9.69 Å². The van der Waals surface area contributed by atoms with E-state index in [0.717, 1.165) is 45.7 Å². The van der Waals surface area contributed by atoms with Crippen molar-refractivity contribution in [3.63, 3.8) is 0 Å². The van der Waals surface area contributed by atoms with Gasteiger partial charge in [0.25, 0.3) is 0 Å². The Hall–Kier alpha value is -2.18. The molecule has 0 saturated carbocycles. The Balaban J connectivity index is 1.52. The molecule has 0 spiro atoms. The third-order valence-corrected chi connectivity index (χ3v) is 4.05. The average Bonchev–Trinajstić information content (AvgIpc) is 2.63. The van der Waals surface area contributed by atoms with Gasteiger partial charge in [0.2, 0.25) is 0 Å². The van der Waals surface area contributed by atoms with Gasteiger partial charge in [-0.15, -0.1) is 0 Å². The highest BCUT2D eigenvalue weighted by Crippen LogP contribution is 2.16. The molecule has 1 aliphatic rings. The van der Waals surface area contributed by atoms with Crippen LogP contribution in [0.25, 0.3) is 0 Å².